The molecule has 0 aliphatic heterocycles. The number of carbonyl (C=O) groups is 2. The van der Waals surface area contributed by atoms with Crippen LogP contribution in [-0.2, 0) is 9.59 Å². The molecule has 0 radical (unpaired) electrons. The molecule has 0 aromatic carbocycles. The first-order valence-electron chi connectivity index (χ1n) is 5.60. The van der Waals surface area contributed by atoms with E-state index in [9.17, 15) is 9.59 Å². The molecule has 0 aliphatic rings. The highest BCUT2D eigenvalue weighted by Crippen LogP contribution is 2.18. The highest BCUT2D eigenvalue weighted by atomic mass is 16.4. The summed E-state index contributed by atoms with van der Waals surface area (Å²) >= 11 is 0. The smallest absolute Gasteiger partial charge is 0.307 e. The summed E-state index contributed by atoms with van der Waals surface area (Å²) in [5.41, 5.74) is 0. The third kappa shape index (κ3) is 6.22. The van der Waals surface area contributed by atoms with Crippen LogP contribution < -0.4 is 0 Å². The van der Waals surface area contributed by atoms with Crippen LogP contribution in [0.2, 0.25) is 0 Å². The van der Waals surface area contributed by atoms with E-state index >= 15 is 0 Å². The maximum Gasteiger partial charge on any atom is 0.307 e. The molecule has 2 unspecified atom stereocenters. The second-order valence-electron chi connectivity index (χ2n) is 3.97. The first kappa shape index (κ1) is 14.7. The van der Waals surface area contributed by atoms with Crippen LogP contribution in [0.4, 0.5) is 0 Å². The molecular formula is C12H20O4. The summed E-state index contributed by atoms with van der Waals surface area (Å²) in [5.74, 6) is -3.20. The van der Waals surface area contributed by atoms with E-state index in [0.717, 1.165) is 19.3 Å². The van der Waals surface area contributed by atoms with Gasteiger partial charge in [0.2, 0.25) is 0 Å². The van der Waals surface area contributed by atoms with Gasteiger partial charge in [0.1, 0.15) is 0 Å². The largest absolute Gasteiger partial charge is 0.481 e. The van der Waals surface area contributed by atoms with Crippen LogP contribution in [0.5, 0.6) is 0 Å². The van der Waals surface area contributed by atoms with Gasteiger partial charge >= 0.3 is 11.9 Å². The standard InChI is InChI=1S/C12H20O4/c1-3-4-5-6-7-9(2)10(12(15)16)8-11(13)14/h6-7,9-10H,3-5,8H2,1-2H3,(H,13,14)(H,15,16). The van der Waals surface area contributed by atoms with Gasteiger partial charge in [-0.1, -0.05) is 38.8 Å². The molecule has 4 nitrogen and oxygen atoms in total. The van der Waals surface area contributed by atoms with Crippen molar-refractivity contribution in [1.82, 2.24) is 0 Å². The molecule has 0 saturated heterocycles. The number of carboxylic acids is 2. The minimum Gasteiger partial charge on any atom is -0.481 e. The average Bonchev–Trinajstić information content (AvgIpc) is 2.20. The summed E-state index contributed by atoms with van der Waals surface area (Å²) in [7, 11) is 0. The minimum atomic E-state index is -1.07. The first-order chi connectivity index (χ1) is 7.49. The normalized spacial score (nSPS) is 14.9. The summed E-state index contributed by atoms with van der Waals surface area (Å²) in [6, 6.07) is 0. The Balaban J connectivity index is 4.26. The quantitative estimate of drug-likeness (QED) is 0.494. The van der Waals surface area contributed by atoms with E-state index in [1.54, 1.807) is 13.0 Å². The van der Waals surface area contributed by atoms with Crippen molar-refractivity contribution in [3.05, 3.63) is 12.2 Å². The molecule has 0 aromatic rings. The summed E-state index contributed by atoms with van der Waals surface area (Å²) in [6.07, 6.45) is 6.49. The number of carboxylic acid groups (broad SMARTS) is 2. The van der Waals surface area contributed by atoms with Crippen LogP contribution >= 0.6 is 0 Å². The number of hydrogen-bond acceptors (Lipinski definition) is 2. The first-order valence-corrected chi connectivity index (χ1v) is 5.60. The summed E-state index contributed by atoms with van der Waals surface area (Å²) < 4.78 is 0. The lowest BCUT2D eigenvalue weighted by molar-refractivity contribution is -0.149. The zero-order chi connectivity index (χ0) is 12.6. The average molecular weight is 228 g/mol. The fourth-order valence-electron chi connectivity index (χ4n) is 1.45. The van der Waals surface area contributed by atoms with Crippen molar-refractivity contribution in [3.63, 3.8) is 0 Å². The summed E-state index contributed by atoms with van der Waals surface area (Å²) in [6.45, 7) is 3.83. The predicted octanol–water partition coefficient (Wildman–Crippen LogP) is 2.54. The van der Waals surface area contributed by atoms with Crippen LogP contribution in [0.25, 0.3) is 0 Å². The molecule has 0 aliphatic carbocycles. The van der Waals surface area contributed by atoms with Gasteiger partial charge in [0, 0.05) is 0 Å². The topological polar surface area (TPSA) is 74.6 Å². The van der Waals surface area contributed by atoms with Gasteiger partial charge in [-0.2, -0.15) is 0 Å². The summed E-state index contributed by atoms with van der Waals surface area (Å²) in [4.78, 5) is 21.4. The van der Waals surface area contributed by atoms with Crippen molar-refractivity contribution in [2.75, 3.05) is 0 Å². The maximum absolute atomic E-state index is 10.9. The monoisotopic (exact) mass is 228 g/mol. The van der Waals surface area contributed by atoms with E-state index in [4.69, 9.17) is 10.2 Å². The maximum atomic E-state index is 10.9. The number of hydrogen-bond donors (Lipinski definition) is 2. The zero-order valence-corrected chi connectivity index (χ0v) is 9.85. The van der Waals surface area contributed by atoms with Gasteiger partial charge in [-0.25, -0.2) is 0 Å². The van der Waals surface area contributed by atoms with E-state index in [0.29, 0.717) is 0 Å². The highest BCUT2D eigenvalue weighted by Gasteiger charge is 2.25. The van der Waals surface area contributed by atoms with Crippen molar-refractivity contribution in [2.45, 2.75) is 39.5 Å². The van der Waals surface area contributed by atoms with Crippen LogP contribution in [-0.4, -0.2) is 22.2 Å². The lowest BCUT2D eigenvalue weighted by Gasteiger charge is -2.14. The third-order valence-corrected chi connectivity index (χ3v) is 2.51. The van der Waals surface area contributed by atoms with Crippen LogP contribution in [0.3, 0.4) is 0 Å². The Morgan fingerprint density at radius 2 is 1.94 bits per heavy atom. The van der Waals surface area contributed by atoms with Gasteiger partial charge in [0.25, 0.3) is 0 Å². The molecule has 0 amide bonds. The Bertz CT molecular complexity index is 258. The Hall–Kier alpha value is -1.32. The molecule has 0 rings (SSSR count). The number of allylic oxidation sites excluding steroid dienone is 2. The number of unbranched alkanes of at least 4 members (excludes halogenated alkanes) is 2. The van der Waals surface area contributed by atoms with Crippen molar-refractivity contribution in [3.8, 4) is 0 Å². The molecule has 92 valence electrons. The van der Waals surface area contributed by atoms with E-state index in [1.807, 2.05) is 6.08 Å². The van der Waals surface area contributed by atoms with E-state index in [1.165, 1.54) is 0 Å². The molecule has 2 atom stereocenters. The zero-order valence-electron chi connectivity index (χ0n) is 9.85. The molecule has 16 heavy (non-hydrogen) atoms. The Morgan fingerprint density at radius 3 is 2.38 bits per heavy atom. The lowest BCUT2D eigenvalue weighted by Crippen LogP contribution is -2.23. The molecule has 0 aromatic heterocycles. The fraction of sp³-hybridized carbons (Fsp3) is 0.667. The lowest BCUT2D eigenvalue weighted by atomic mass is 9.90. The highest BCUT2D eigenvalue weighted by molar-refractivity contribution is 5.78. The predicted molar refractivity (Wildman–Crippen MR) is 61.2 cm³/mol. The minimum absolute atomic E-state index is 0.245. The second-order valence-corrected chi connectivity index (χ2v) is 3.97. The van der Waals surface area contributed by atoms with Crippen LogP contribution in [0.1, 0.15) is 39.5 Å². The van der Waals surface area contributed by atoms with Gasteiger partial charge in [-0.3, -0.25) is 9.59 Å². The van der Waals surface area contributed by atoms with Gasteiger partial charge in [0.05, 0.1) is 12.3 Å². The third-order valence-electron chi connectivity index (χ3n) is 2.51. The van der Waals surface area contributed by atoms with Crippen molar-refractivity contribution < 1.29 is 19.8 Å². The molecule has 0 spiro atoms. The number of aliphatic carboxylic acids is 2. The molecule has 0 bridgehead atoms. The van der Waals surface area contributed by atoms with Crippen LogP contribution in [0, 0.1) is 11.8 Å². The molecule has 2 N–H and O–H groups in total. The van der Waals surface area contributed by atoms with Gasteiger partial charge in [-0.05, 0) is 12.3 Å². The molecule has 0 saturated carbocycles. The van der Waals surface area contributed by atoms with Crippen molar-refractivity contribution in [1.29, 1.82) is 0 Å². The Labute approximate surface area is 96.0 Å². The van der Waals surface area contributed by atoms with Gasteiger partial charge in [-0.15, -0.1) is 0 Å². The molecule has 0 heterocycles. The Morgan fingerprint density at radius 1 is 1.31 bits per heavy atom. The van der Waals surface area contributed by atoms with E-state index in [2.05, 4.69) is 6.92 Å². The van der Waals surface area contributed by atoms with Crippen LogP contribution in [0.15, 0.2) is 12.2 Å². The summed E-state index contributed by atoms with van der Waals surface area (Å²) in [5, 5.41) is 17.5. The number of rotatable bonds is 8. The SMILES string of the molecule is CCCCC=CC(C)C(CC(=O)O)C(=O)O. The van der Waals surface area contributed by atoms with Gasteiger partial charge in [0.15, 0.2) is 0 Å². The molecular weight excluding hydrogens is 208 g/mol. The molecule has 0 fully saturated rings. The second kappa shape index (κ2) is 7.91. The van der Waals surface area contributed by atoms with E-state index < -0.39 is 17.9 Å². The van der Waals surface area contributed by atoms with Crippen molar-refractivity contribution in [2.24, 2.45) is 11.8 Å². The fourth-order valence-corrected chi connectivity index (χ4v) is 1.45. The molecule has 4 heteroatoms. The van der Waals surface area contributed by atoms with Crippen molar-refractivity contribution >= 4 is 11.9 Å². The Kier molecular flexibility index (Phi) is 7.25. The van der Waals surface area contributed by atoms with E-state index in [-0.39, 0.29) is 12.3 Å². The van der Waals surface area contributed by atoms with Gasteiger partial charge < -0.3 is 10.2 Å².